The van der Waals surface area contributed by atoms with E-state index in [2.05, 4.69) is 16.8 Å². The first-order valence-corrected chi connectivity index (χ1v) is 7.38. The maximum absolute atomic E-state index is 12.5. The Kier molecular flexibility index (Phi) is 4.83. The molecule has 1 aromatic heterocycles. The van der Waals surface area contributed by atoms with Crippen LogP contribution in [0.25, 0.3) is 0 Å². The second-order valence-electron chi connectivity index (χ2n) is 4.34. The third kappa shape index (κ3) is 3.28. The van der Waals surface area contributed by atoms with Gasteiger partial charge in [0.2, 0.25) is 0 Å². The normalized spacial score (nSPS) is 17.7. The van der Waals surface area contributed by atoms with Crippen LogP contribution in [0.15, 0.2) is 18.3 Å². The van der Waals surface area contributed by atoms with Gasteiger partial charge in [-0.1, -0.05) is 11.8 Å². The van der Waals surface area contributed by atoms with Crippen molar-refractivity contribution >= 4 is 17.7 Å². The Labute approximate surface area is 117 Å². The summed E-state index contributed by atoms with van der Waals surface area (Å²) in [5, 5.41) is 0. The first-order valence-electron chi connectivity index (χ1n) is 6.23. The monoisotopic (exact) mass is 275 g/mol. The van der Waals surface area contributed by atoms with Gasteiger partial charge in [-0.2, -0.15) is 11.8 Å². The lowest BCUT2D eigenvalue weighted by Gasteiger charge is -2.23. The van der Waals surface area contributed by atoms with Gasteiger partial charge in [-0.05, 0) is 24.3 Å². The van der Waals surface area contributed by atoms with Crippen LogP contribution in [0.1, 0.15) is 22.5 Å². The van der Waals surface area contributed by atoms with Crippen molar-refractivity contribution in [2.24, 2.45) is 5.73 Å². The van der Waals surface area contributed by atoms with Gasteiger partial charge in [0.15, 0.2) is 0 Å². The third-order valence-electron chi connectivity index (χ3n) is 3.11. The second kappa shape index (κ2) is 6.60. The molecule has 1 aliphatic rings. The highest BCUT2D eigenvalue weighted by Gasteiger charge is 2.26. The number of rotatable bonds is 2. The molecule has 4 nitrogen and oxygen atoms in total. The topological polar surface area (TPSA) is 59.2 Å². The van der Waals surface area contributed by atoms with E-state index < -0.39 is 0 Å². The van der Waals surface area contributed by atoms with E-state index in [0.29, 0.717) is 17.3 Å². The van der Waals surface area contributed by atoms with E-state index in [1.807, 2.05) is 18.8 Å². The zero-order valence-corrected chi connectivity index (χ0v) is 11.7. The molecule has 1 saturated heterocycles. The lowest BCUT2D eigenvalue weighted by atomic mass is 10.1. The van der Waals surface area contributed by atoms with Crippen molar-refractivity contribution in [2.75, 3.05) is 25.1 Å². The molecule has 1 aliphatic heterocycles. The Morgan fingerprint density at radius 3 is 3.21 bits per heavy atom. The van der Waals surface area contributed by atoms with Gasteiger partial charge in [0.25, 0.3) is 5.91 Å². The van der Waals surface area contributed by atoms with Crippen LogP contribution in [-0.2, 0) is 0 Å². The van der Waals surface area contributed by atoms with E-state index in [1.54, 1.807) is 23.2 Å². The van der Waals surface area contributed by atoms with Crippen molar-refractivity contribution in [1.29, 1.82) is 0 Å². The molecule has 0 spiro atoms. The van der Waals surface area contributed by atoms with Crippen LogP contribution in [0.5, 0.6) is 0 Å². The first kappa shape index (κ1) is 13.9. The van der Waals surface area contributed by atoms with E-state index in [0.717, 1.165) is 17.9 Å². The summed E-state index contributed by atoms with van der Waals surface area (Å²) < 4.78 is 0. The molecule has 5 heteroatoms. The minimum atomic E-state index is -0.0607. The van der Waals surface area contributed by atoms with E-state index in [4.69, 9.17) is 5.73 Å². The summed E-state index contributed by atoms with van der Waals surface area (Å²) >= 11 is 1.88. The summed E-state index contributed by atoms with van der Waals surface area (Å²) in [7, 11) is 1.84. The molecule has 1 unspecified atom stereocenters. The Bertz CT molecular complexity index is 515. The van der Waals surface area contributed by atoms with Gasteiger partial charge in [0.05, 0.1) is 12.1 Å². The van der Waals surface area contributed by atoms with Gasteiger partial charge in [0.1, 0.15) is 5.69 Å². The number of aromatic nitrogens is 1. The van der Waals surface area contributed by atoms with Crippen molar-refractivity contribution in [1.82, 2.24) is 9.88 Å². The molecule has 1 amide bonds. The number of carbonyl (C=O) groups is 1. The lowest BCUT2D eigenvalue weighted by Crippen LogP contribution is -2.37. The van der Waals surface area contributed by atoms with Crippen molar-refractivity contribution in [2.45, 2.75) is 12.5 Å². The van der Waals surface area contributed by atoms with Crippen LogP contribution in [0.2, 0.25) is 0 Å². The van der Waals surface area contributed by atoms with Gasteiger partial charge >= 0.3 is 0 Å². The molecule has 19 heavy (non-hydrogen) atoms. The van der Waals surface area contributed by atoms with Crippen LogP contribution in [0, 0.1) is 11.8 Å². The zero-order valence-electron chi connectivity index (χ0n) is 10.9. The van der Waals surface area contributed by atoms with Crippen LogP contribution in [-0.4, -0.2) is 46.9 Å². The SMILES string of the molecule is CN(C(=O)c1ncccc1C#CCN)C1CCSC1. The highest BCUT2D eigenvalue weighted by molar-refractivity contribution is 7.99. The summed E-state index contributed by atoms with van der Waals surface area (Å²) in [6, 6.07) is 3.89. The smallest absolute Gasteiger partial charge is 0.273 e. The molecule has 0 radical (unpaired) electrons. The first-order chi connectivity index (χ1) is 9.24. The van der Waals surface area contributed by atoms with E-state index in [-0.39, 0.29) is 12.5 Å². The van der Waals surface area contributed by atoms with Gasteiger partial charge in [0, 0.05) is 25.0 Å². The van der Waals surface area contributed by atoms with Crippen molar-refractivity contribution in [3.8, 4) is 11.8 Å². The molecule has 2 rings (SSSR count). The van der Waals surface area contributed by atoms with E-state index >= 15 is 0 Å². The number of carbonyl (C=O) groups excluding carboxylic acids is 1. The average molecular weight is 275 g/mol. The number of nitrogens with zero attached hydrogens (tertiary/aromatic N) is 2. The highest BCUT2D eigenvalue weighted by Crippen LogP contribution is 2.22. The Balaban J connectivity index is 2.22. The fourth-order valence-corrected chi connectivity index (χ4v) is 3.25. The number of hydrogen-bond acceptors (Lipinski definition) is 4. The van der Waals surface area contributed by atoms with Crippen LogP contribution < -0.4 is 5.73 Å². The average Bonchev–Trinajstić information content (AvgIpc) is 2.98. The fourth-order valence-electron chi connectivity index (χ4n) is 1.98. The Hall–Kier alpha value is -1.51. The fraction of sp³-hybridized carbons (Fsp3) is 0.429. The molecular formula is C14H17N3OS. The van der Waals surface area contributed by atoms with E-state index in [1.165, 1.54) is 0 Å². The molecule has 2 heterocycles. The number of amides is 1. The molecule has 0 aromatic carbocycles. The Morgan fingerprint density at radius 2 is 2.53 bits per heavy atom. The van der Waals surface area contributed by atoms with Gasteiger partial charge in [-0.25, -0.2) is 4.98 Å². The summed E-state index contributed by atoms with van der Waals surface area (Å²) in [6.45, 7) is 0.275. The van der Waals surface area contributed by atoms with Crippen molar-refractivity contribution in [3.05, 3.63) is 29.6 Å². The van der Waals surface area contributed by atoms with Crippen LogP contribution in [0.3, 0.4) is 0 Å². The third-order valence-corrected chi connectivity index (χ3v) is 4.25. The maximum atomic E-state index is 12.5. The van der Waals surface area contributed by atoms with Gasteiger partial charge in [-0.3, -0.25) is 4.79 Å². The minimum absolute atomic E-state index is 0.0607. The molecule has 1 atom stereocenters. The van der Waals surface area contributed by atoms with Gasteiger partial charge < -0.3 is 10.6 Å². The number of nitrogens with two attached hydrogens (primary N) is 1. The van der Waals surface area contributed by atoms with Crippen molar-refractivity contribution in [3.63, 3.8) is 0 Å². The number of hydrogen-bond donors (Lipinski definition) is 1. The predicted octanol–water partition coefficient (Wildman–Crippen LogP) is 0.969. The molecule has 1 aromatic rings. The summed E-state index contributed by atoms with van der Waals surface area (Å²) in [6.07, 6.45) is 2.67. The molecular weight excluding hydrogens is 258 g/mol. The summed E-state index contributed by atoms with van der Waals surface area (Å²) in [4.78, 5) is 18.4. The minimum Gasteiger partial charge on any atom is -0.336 e. The second-order valence-corrected chi connectivity index (χ2v) is 5.49. The molecule has 2 N–H and O–H groups in total. The molecule has 0 saturated carbocycles. The molecule has 0 aliphatic carbocycles. The Morgan fingerprint density at radius 1 is 1.68 bits per heavy atom. The number of pyridine rings is 1. The summed E-state index contributed by atoms with van der Waals surface area (Å²) in [5.74, 6) is 7.73. The lowest BCUT2D eigenvalue weighted by molar-refractivity contribution is 0.0741. The maximum Gasteiger partial charge on any atom is 0.273 e. The molecule has 0 bridgehead atoms. The predicted molar refractivity (Wildman–Crippen MR) is 78.0 cm³/mol. The quantitative estimate of drug-likeness (QED) is 0.817. The standard InChI is InChI=1S/C14H17N3OS/c1-17(12-6-9-19-10-12)14(18)13-11(4-2-7-15)5-3-8-16-13/h3,5,8,12H,6-7,9-10,15H2,1H3. The molecule has 100 valence electrons. The highest BCUT2D eigenvalue weighted by atomic mass is 32.2. The summed E-state index contributed by atoms with van der Waals surface area (Å²) in [5.41, 5.74) is 6.44. The largest absolute Gasteiger partial charge is 0.336 e. The van der Waals surface area contributed by atoms with Crippen molar-refractivity contribution < 1.29 is 4.79 Å². The van der Waals surface area contributed by atoms with E-state index in [9.17, 15) is 4.79 Å². The van der Waals surface area contributed by atoms with Gasteiger partial charge in [-0.15, -0.1) is 0 Å². The zero-order chi connectivity index (χ0) is 13.7. The molecule has 1 fully saturated rings. The van der Waals surface area contributed by atoms with Crippen LogP contribution in [0.4, 0.5) is 0 Å². The van der Waals surface area contributed by atoms with Crippen LogP contribution >= 0.6 is 11.8 Å². The number of thioether (sulfide) groups is 1.